The molecule has 5 fully saturated rings. The Balaban J connectivity index is 1.75. The highest BCUT2D eigenvalue weighted by molar-refractivity contribution is 6.07. The van der Waals surface area contributed by atoms with Gasteiger partial charge in [-0.3, -0.25) is 9.59 Å². The van der Waals surface area contributed by atoms with E-state index in [1.807, 2.05) is 6.92 Å². The van der Waals surface area contributed by atoms with Crippen molar-refractivity contribution >= 4 is 11.8 Å². The number of carbonyl (C=O) groups excluding carboxylic acids is 2. The number of hydrogen-bond donors (Lipinski definition) is 0. The van der Waals surface area contributed by atoms with Crippen LogP contribution in [0.3, 0.4) is 0 Å². The first-order valence-electron chi connectivity index (χ1n) is 9.64. The topological polar surface area (TPSA) is 43.4 Å². The Morgan fingerprint density at radius 1 is 1.21 bits per heavy atom. The first-order valence-corrected chi connectivity index (χ1v) is 9.64. The van der Waals surface area contributed by atoms with E-state index in [4.69, 9.17) is 4.74 Å². The lowest BCUT2D eigenvalue weighted by Crippen LogP contribution is -2.55. The minimum absolute atomic E-state index is 0.0515. The van der Waals surface area contributed by atoms with Crippen molar-refractivity contribution in [3.63, 3.8) is 0 Å². The summed E-state index contributed by atoms with van der Waals surface area (Å²) in [7, 11) is 0. The molecule has 24 heavy (non-hydrogen) atoms. The van der Waals surface area contributed by atoms with Gasteiger partial charge in [-0.25, -0.2) is 0 Å². The van der Waals surface area contributed by atoms with Crippen molar-refractivity contribution in [3.05, 3.63) is 12.2 Å². The Morgan fingerprint density at radius 3 is 2.62 bits per heavy atom. The quantitative estimate of drug-likeness (QED) is 0.386. The predicted octanol–water partition coefficient (Wildman–Crippen LogP) is 3.77. The van der Waals surface area contributed by atoms with E-state index in [1.54, 1.807) is 0 Å². The van der Waals surface area contributed by atoms with Gasteiger partial charge in [0.25, 0.3) is 0 Å². The molecule has 0 aromatic heterocycles. The van der Waals surface area contributed by atoms with Crippen molar-refractivity contribution in [1.82, 2.24) is 0 Å². The Hall–Kier alpha value is -1.12. The standard InChI is InChI=1S/C21H28O3/c1-10-6-15-20(8-11(2)14(10)9-20)13(4)17-19(5)16(22)7-12(3)21(15,17)24-18(19)23/h10,12-15,17H,2,6-9H2,1,3-5H3/t10?,12?,13-,14-,15?,17?,19?,20+,21+/m0/s1. The van der Waals surface area contributed by atoms with Gasteiger partial charge in [-0.2, -0.15) is 0 Å². The van der Waals surface area contributed by atoms with Gasteiger partial charge in [0.2, 0.25) is 0 Å². The normalized spacial score (nSPS) is 60.9. The molecule has 1 spiro atoms. The lowest BCUT2D eigenvalue weighted by Gasteiger charge is -2.48. The highest BCUT2D eigenvalue weighted by atomic mass is 16.6. The molecule has 5 rings (SSSR count). The number of ether oxygens (including phenoxy) is 1. The summed E-state index contributed by atoms with van der Waals surface area (Å²) < 4.78 is 6.26. The molecule has 4 bridgehead atoms. The number of allylic oxidation sites excluding steroid dienone is 1. The van der Waals surface area contributed by atoms with Crippen molar-refractivity contribution in [1.29, 1.82) is 0 Å². The summed E-state index contributed by atoms with van der Waals surface area (Å²) in [4.78, 5) is 25.7. The smallest absolute Gasteiger partial charge is 0.320 e. The van der Waals surface area contributed by atoms with E-state index in [9.17, 15) is 9.59 Å². The van der Waals surface area contributed by atoms with Gasteiger partial charge in [0, 0.05) is 24.2 Å². The van der Waals surface area contributed by atoms with E-state index in [-0.39, 0.29) is 29.0 Å². The molecule has 4 aliphatic carbocycles. The van der Waals surface area contributed by atoms with Gasteiger partial charge in [-0.05, 0) is 49.4 Å². The highest BCUT2D eigenvalue weighted by Crippen LogP contribution is 2.78. The van der Waals surface area contributed by atoms with Gasteiger partial charge < -0.3 is 4.74 Å². The van der Waals surface area contributed by atoms with Crippen LogP contribution in [-0.2, 0) is 14.3 Å². The van der Waals surface area contributed by atoms with Crippen molar-refractivity contribution in [2.24, 2.45) is 46.3 Å². The minimum atomic E-state index is -0.916. The summed E-state index contributed by atoms with van der Waals surface area (Å²) in [5, 5.41) is 0. The van der Waals surface area contributed by atoms with Gasteiger partial charge in [0.1, 0.15) is 11.0 Å². The summed E-state index contributed by atoms with van der Waals surface area (Å²) in [6.07, 6.45) is 3.87. The number of carbonyl (C=O) groups is 2. The molecule has 5 aliphatic rings. The van der Waals surface area contributed by atoms with Crippen LogP contribution in [-0.4, -0.2) is 17.4 Å². The zero-order valence-corrected chi connectivity index (χ0v) is 15.2. The Bertz CT molecular complexity index is 695. The zero-order valence-electron chi connectivity index (χ0n) is 15.2. The van der Waals surface area contributed by atoms with E-state index < -0.39 is 11.0 Å². The maximum absolute atomic E-state index is 12.9. The maximum Gasteiger partial charge on any atom is 0.320 e. The van der Waals surface area contributed by atoms with Crippen LogP contribution >= 0.6 is 0 Å². The molecular formula is C21H28O3. The van der Waals surface area contributed by atoms with Crippen molar-refractivity contribution in [2.75, 3.05) is 0 Å². The summed E-state index contributed by atoms with van der Waals surface area (Å²) in [6, 6.07) is 0. The summed E-state index contributed by atoms with van der Waals surface area (Å²) in [5.74, 6) is 2.03. The molecule has 9 atom stereocenters. The fourth-order valence-electron chi connectivity index (χ4n) is 8.22. The largest absolute Gasteiger partial charge is 0.457 e. The van der Waals surface area contributed by atoms with Crippen LogP contribution in [0.2, 0.25) is 0 Å². The molecule has 0 N–H and O–H groups in total. The van der Waals surface area contributed by atoms with Crippen molar-refractivity contribution in [2.45, 2.75) is 59.0 Å². The Kier molecular flexibility index (Phi) is 2.52. The summed E-state index contributed by atoms with van der Waals surface area (Å²) in [6.45, 7) is 13.1. The third kappa shape index (κ3) is 1.23. The molecule has 0 aromatic carbocycles. The van der Waals surface area contributed by atoms with Gasteiger partial charge in [-0.15, -0.1) is 0 Å². The van der Waals surface area contributed by atoms with Crippen LogP contribution < -0.4 is 0 Å². The molecule has 3 nitrogen and oxygen atoms in total. The predicted molar refractivity (Wildman–Crippen MR) is 89.9 cm³/mol. The molecule has 3 heteroatoms. The first-order chi connectivity index (χ1) is 11.2. The van der Waals surface area contributed by atoms with Gasteiger partial charge in [0.15, 0.2) is 5.78 Å². The molecule has 4 saturated carbocycles. The highest BCUT2D eigenvalue weighted by Gasteiger charge is 2.83. The minimum Gasteiger partial charge on any atom is -0.457 e. The van der Waals surface area contributed by atoms with Crippen LogP contribution in [0.15, 0.2) is 12.2 Å². The number of hydrogen-bond acceptors (Lipinski definition) is 3. The second kappa shape index (κ2) is 3.99. The van der Waals surface area contributed by atoms with Crippen LogP contribution in [0.5, 0.6) is 0 Å². The Labute approximate surface area is 144 Å². The molecule has 1 saturated heterocycles. The third-order valence-electron chi connectivity index (χ3n) is 9.26. The second-order valence-electron chi connectivity index (χ2n) is 9.88. The average Bonchev–Trinajstić information content (AvgIpc) is 3.01. The number of esters is 1. The SMILES string of the molecule is C=C1C[C@]23C[C@H]1C(C)CC2[C@]12OC(=O)C(C)(C(=O)CC1C)C2[C@@H]3C. The third-order valence-corrected chi connectivity index (χ3v) is 9.26. The first kappa shape index (κ1) is 15.2. The molecule has 5 unspecified atom stereocenters. The molecule has 130 valence electrons. The van der Waals surface area contributed by atoms with E-state index >= 15 is 0 Å². The number of rotatable bonds is 0. The lowest BCUT2D eigenvalue weighted by atomic mass is 9.56. The fourth-order valence-corrected chi connectivity index (χ4v) is 8.22. The van der Waals surface area contributed by atoms with E-state index in [1.165, 1.54) is 12.0 Å². The number of ketones is 1. The second-order valence-corrected chi connectivity index (χ2v) is 9.88. The molecule has 0 radical (unpaired) electrons. The van der Waals surface area contributed by atoms with Crippen molar-refractivity contribution < 1.29 is 14.3 Å². The summed E-state index contributed by atoms with van der Waals surface area (Å²) >= 11 is 0. The molecule has 1 heterocycles. The number of fused-ring (bicyclic) bond motifs is 1. The summed E-state index contributed by atoms with van der Waals surface area (Å²) in [5.41, 5.74) is 0.266. The average molecular weight is 328 g/mol. The maximum atomic E-state index is 12.9. The fraction of sp³-hybridized carbons (Fsp3) is 0.810. The van der Waals surface area contributed by atoms with Gasteiger partial charge in [-0.1, -0.05) is 32.9 Å². The zero-order chi connectivity index (χ0) is 17.2. The van der Waals surface area contributed by atoms with Crippen molar-refractivity contribution in [3.8, 4) is 0 Å². The van der Waals surface area contributed by atoms with Gasteiger partial charge >= 0.3 is 5.97 Å². The van der Waals surface area contributed by atoms with Crippen LogP contribution in [0, 0.1) is 46.3 Å². The Morgan fingerprint density at radius 2 is 1.92 bits per heavy atom. The van der Waals surface area contributed by atoms with Gasteiger partial charge in [0.05, 0.1) is 0 Å². The van der Waals surface area contributed by atoms with Crippen LogP contribution in [0.25, 0.3) is 0 Å². The van der Waals surface area contributed by atoms with E-state index in [0.29, 0.717) is 30.1 Å². The lowest BCUT2D eigenvalue weighted by molar-refractivity contribution is -0.165. The molecule has 0 aromatic rings. The molecule has 1 aliphatic heterocycles. The number of Topliss-reactive ketones (excluding diaryl/α,β-unsaturated/α-hetero) is 1. The van der Waals surface area contributed by atoms with Crippen LogP contribution in [0.1, 0.15) is 53.4 Å². The molecule has 0 amide bonds. The monoisotopic (exact) mass is 328 g/mol. The van der Waals surface area contributed by atoms with E-state index in [2.05, 4.69) is 27.4 Å². The van der Waals surface area contributed by atoms with E-state index in [0.717, 1.165) is 12.8 Å². The van der Waals surface area contributed by atoms with Crippen LogP contribution in [0.4, 0.5) is 0 Å². The molecular weight excluding hydrogens is 300 g/mol.